The van der Waals surface area contributed by atoms with Crippen LogP contribution in [0, 0.1) is 11.7 Å². The molecule has 3 N–H and O–H groups in total. The Bertz CT molecular complexity index is 660. The predicted molar refractivity (Wildman–Crippen MR) is 79.8 cm³/mol. The van der Waals surface area contributed by atoms with Gasteiger partial charge in [0.15, 0.2) is 0 Å². The Morgan fingerprint density at radius 2 is 2.10 bits per heavy atom. The van der Waals surface area contributed by atoms with E-state index >= 15 is 0 Å². The molecule has 1 aliphatic rings. The van der Waals surface area contributed by atoms with Crippen molar-refractivity contribution in [3.63, 3.8) is 0 Å². The van der Waals surface area contributed by atoms with Crippen LogP contribution in [0.1, 0.15) is 36.0 Å². The first kappa shape index (κ1) is 16.4. The zero-order valence-corrected chi connectivity index (χ0v) is 13.6. The van der Waals surface area contributed by atoms with Crippen LogP contribution >= 0.6 is 15.9 Å². The molecular formula is C13H16BrFN2O3S. The van der Waals surface area contributed by atoms with E-state index in [1.54, 1.807) is 0 Å². The third-order valence-electron chi connectivity index (χ3n) is 3.62. The van der Waals surface area contributed by atoms with Gasteiger partial charge in [0.1, 0.15) is 5.82 Å². The first-order valence-electron chi connectivity index (χ1n) is 6.59. The molecule has 0 heterocycles. The third-order valence-corrected chi connectivity index (χ3v) is 5.67. The normalized spacial score (nSPS) is 15.6. The van der Waals surface area contributed by atoms with E-state index < -0.39 is 26.6 Å². The molecule has 0 aromatic heterocycles. The second-order valence-corrected chi connectivity index (χ2v) is 7.47. The molecule has 21 heavy (non-hydrogen) atoms. The molecular weight excluding hydrogens is 363 g/mol. The Morgan fingerprint density at radius 1 is 1.43 bits per heavy atom. The summed E-state index contributed by atoms with van der Waals surface area (Å²) in [5.74, 6) is -0.710. The number of nitrogens with two attached hydrogens (primary N) is 1. The fourth-order valence-electron chi connectivity index (χ4n) is 2.20. The maximum absolute atomic E-state index is 13.5. The predicted octanol–water partition coefficient (Wildman–Crippen LogP) is 2.16. The fourth-order valence-corrected chi connectivity index (χ4v) is 3.93. The van der Waals surface area contributed by atoms with Gasteiger partial charge in [-0.15, -0.1) is 0 Å². The lowest BCUT2D eigenvalue weighted by Gasteiger charge is -2.25. The molecule has 0 bridgehead atoms. The Balaban J connectivity index is 2.14. The van der Waals surface area contributed by atoms with E-state index in [2.05, 4.69) is 21.2 Å². The number of sulfonamides is 1. The highest BCUT2D eigenvalue weighted by Gasteiger charge is 2.22. The highest BCUT2D eigenvalue weighted by atomic mass is 79.9. The Kier molecular flexibility index (Phi) is 5.00. The standard InChI is InChI=1S/C13H16BrFN2O3S/c14-12-10(6-9(15)7-11(12)21(16,19)20)13(18)17-5-4-8-2-1-3-8/h6-8H,1-5H2,(H,17,18)(H2,16,19,20). The van der Waals surface area contributed by atoms with Crippen LogP contribution in [0.4, 0.5) is 4.39 Å². The Morgan fingerprint density at radius 3 is 2.62 bits per heavy atom. The molecule has 8 heteroatoms. The number of halogens is 2. The summed E-state index contributed by atoms with van der Waals surface area (Å²) in [6, 6.07) is 1.77. The van der Waals surface area contributed by atoms with E-state index in [-0.39, 0.29) is 10.0 Å². The number of rotatable bonds is 5. The summed E-state index contributed by atoms with van der Waals surface area (Å²) in [6.07, 6.45) is 4.46. The molecule has 0 aliphatic heterocycles. The van der Waals surface area contributed by atoms with Crippen molar-refractivity contribution in [2.45, 2.75) is 30.6 Å². The number of carbonyl (C=O) groups excluding carboxylic acids is 1. The number of nitrogens with one attached hydrogen (secondary N) is 1. The van der Waals surface area contributed by atoms with Gasteiger partial charge in [0.2, 0.25) is 10.0 Å². The highest BCUT2D eigenvalue weighted by Crippen LogP contribution is 2.29. The molecule has 2 rings (SSSR count). The number of amides is 1. The monoisotopic (exact) mass is 378 g/mol. The fraction of sp³-hybridized carbons (Fsp3) is 0.462. The quantitative estimate of drug-likeness (QED) is 0.822. The maximum atomic E-state index is 13.5. The first-order valence-corrected chi connectivity index (χ1v) is 8.93. The summed E-state index contributed by atoms with van der Waals surface area (Å²) < 4.78 is 36.2. The zero-order chi connectivity index (χ0) is 15.6. The van der Waals surface area contributed by atoms with Crippen molar-refractivity contribution in [3.05, 3.63) is 28.0 Å². The van der Waals surface area contributed by atoms with Crippen molar-refractivity contribution < 1.29 is 17.6 Å². The van der Waals surface area contributed by atoms with Crippen LogP contribution < -0.4 is 10.5 Å². The van der Waals surface area contributed by atoms with Crippen LogP contribution in [-0.4, -0.2) is 20.9 Å². The third kappa shape index (κ3) is 4.02. The van der Waals surface area contributed by atoms with Crippen molar-refractivity contribution in [3.8, 4) is 0 Å². The van der Waals surface area contributed by atoms with Gasteiger partial charge in [-0.05, 0) is 40.4 Å². The molecule has 1 aromatic rings. The van der Waals surface area contributed by atoms with Crippen molar-refractivity contribution in [2.24, 2.45) is 11.1 Å². The zero-order valence-electron chi connectivity index (χ0n) is 11.2. The first-order chi connectivity index (χ1) is 9.79. The van der Waals surface area contributed by atoms with E-state index in [9.17, 15) is 17.6 Å². The molecule has 1 saturated carbocycles. The lowest BCUT2D eigenvalue weighted by Crippen LogP contribution is -2.28. The van der Waals surface area contributed by atoms with Gasteiger partial charge < -0.3 is 5.32 Å². The van der Waals surface area contributed by atoms with Crippen LogP contribution in [0.15, 0.2) is 21.5 Å². The van der Waals surface area contributed by atoms with Crippen LogP contribution in [0.25, 0.3) is 0 Å². The van der Waals surface area contributed by atoms with Crippen molar-refractivity contribution >= 4 is 31.9 Å². The van der Waals surface area contributed by atoms with E-state index in [1.165, 1.54) is 19.3 Å². The van der Waals surface area contributed by atoms with Crippen LogP contribution in [0.3, 0.4) is 0 Å². The van der Waals surface area contributed by atoms with Gasteiger partial charge in [-0.1, -0.05) is 19.3 Å². The van der Waals surface area contributed by atoms with Gasteiger partial charge in [-0.3, -0.25) is 4.79 Å². The molecule has 5 nitrogen and oxygen atoms in total. The van der Waals surface area contributed by atoms with Gasteiger partial charge in [0, 0.05) is 6.54 Å². The Hall–Kier alpha value is -0.990. The molecule has 116 valence electrons. The van der Waals surface area contributed by atoms with E-state index in [0.717, 1.165) is 18.6 Å². The minimum Gasteiger partial charge on any atom is -0.352 e. The second kappa shape index (κ2) is 6.41. The molecule has 0 spiro atoms. The largest absolute Gasteiger partial charge is 0.352 e. The van der Waals surface area contributed by atoms with Crippen LogP contribution in [0.2, 0.25) is 0 Å². The minimum atomic E-state index is -4.11. The lowest BCUT2D eigenvalue weighted by atomic mass is 9.83. The second-order valence-electron chi connectivity index (χ2n) is 5.15. The average Bonchev–Trinajstić information content (AvgIpc) is 2.33. The number of hydrogen-bond donors (Lipinski definition) is 2. The smallest absolute Gasteiger partial charge is 0.252 e. The van der Waals surface area contributed by atoms with Crippen molar-refractivity contribution in [1.29, 1.82) is 0 Å². The van der Waals surface area contributed by atoms with Gasteiger partial charge in [0.05, 0.1) is 14.9 Å². The molecule has 1 aliphatic carbocycles. The summed E-state index contributed by atoms with van der Waals surface area (Å²) in [6.45, 7) is 0.483. The summed E-state index contributed by atoms with van der Waals surface area (Å²) >= 11 is 3.01. The SMILES string of the molecule is NS(=O)(=O)c1cc(F)cc(C(=O)NCCC2CCC2)c1Br. The average molecular weight is 379 g/mol. The van der Waals surface area contributed by atoms with Gasteiger partial charge in [-0.2, -0.15) is 0 Å². The van der Waals surface area contributed by atoms with E-state index in [1.807, 2.05) is 0 Å². The minimum absolute atomic E-state index is 0.0208. The highest BCUT2D eigenvalue weighted by molar-refractivity contribution is 9.10. The molecule has 0 atom stereocenters. The van der Waals surface area contributed by atoms with Gasteiger partial charge in [-0.25, -0.2) is 17.9 Å². The van der Waals surface area contributed by atoms with Gasteiger partial charge in [0.25, 0.3) is 5.91 Å². The summed E-state index contributed by atoms with van der Waals surface area (Å²) in [5, 5.41) is 7.68. The van der Waals surface area contributed by atoms with E-state index in [4.69, 9.17) is 5.14 Å². The van der Waals surface area contributed by atoms with Crippen molar-refractivity contribution in [2.75, 3.05) is 6.54 Å². The molecule has 0 radical (unpaired) electrons. The lowest BCUT2D eigenvalue weighted by molar-refractivity contribution is 0.0947. The summed E-state index contributed by atoms with van der Waals surface area (Å²) in [7, 11) is -4.11. The molecule has 0 saturated heterocycles. The molecule has 1 aromatic carbocycles. The summed E-state index contributed by atoms with van der Waals surface area (Å²) in [4.78, 5) is 11.6. The molecule has 1 fully saturated rings. The molecule has 1 amide bonds. The number of primary sulfonamides is 1. The van der Waals surface area contributed by atoms with Crippen molar-refractivity contribution in [1.82, 2.24) is 5.32 Å². The topological polar surface area (TPSA) is 89.3 Å². The summed E-state index contributed by atoms with van der Waals surface area (Å²) in [5.41, 5.74) is -0.0763. The van der Waals surface area contributed by atoms with E-state index in [0.29, 0.717) is 12.5 Å². The number of benzene rings is 1. The number of hydrogen-bond acceptors (Lipinski definition) is 3. The van der Waals surface area contributed by atoms with Crippen LogP contribution in [0.5, 0.6) is 0 Å². The molecule has 0 unspecified atom stereocenters. The van der Waals surface area contributed by atoms with Crippen LogP contribution in [-0.2, 0) is 10.0 Å². The maximum Gasteiger partial charge on any atom is 0.252 e. The van der Waals surface area contributed by atoms with Gasteiger partial charge >= 0.3 is 0 Å². The Labute approximate surface area is 131 Å². The number of carbonyl (C=O) groups is 1.